The summed E-state index contributed by atoms with van der Waals surface area (Å²) in [6.45, 7) is 4.12. The predicted molar refractivity (Wildman–Crippen MR) is 69.3 cm³/mol. The van der Waals surface area contributed by atoms with Gasteiger partial charge in [0.1, 0.15) is 6.61 Å². The number of methoxy groups -OCH3 is 1. The zero-order chi connectivity index (χ0) is 12.7. The Bertz CT molecular complexity index is 416. The molecule has 0 aliphatic heterocycles. The van der Waals surface area contributed by atoms with E-state index in [9.17, 15) is 0 Å². The highest BCUT2D eigenvalue weighted by molar-refractivity contribution is 5.47. The third-order valence-corrected chi connectivity index (χ3v) is 2.29. The molecule has 17 heavy (non-hydrogen) atoms. The molecule has 2 N–H and O–H groups in total. The first-order valence-electron chi connectivity index (χ1n) is 5.63. The number of para-hydroxylation sites is 1. The monoisotopic (exact) mass is 233 g/mol. The van der Waals surface area contributed by atoms with Gasteiger partial charge in [-0.2, -0.15) is 0 Å². The first-order chi connectivity index (χ1) is 8.19. The normalized spacial score (nSPS) is 11.3. The van der Waals surface area contributed by atoms with Gasteiger partial charge in [-0.1, -0.05) is 18.1 Å². The summed E-state index contributed by atoms with van der Waals surface area (Å²) in [5, 5.41) is 0. The van der Waals surface area contributed by atoms with Gasteiger partial charge in [0.15, 0.2) is 11.5 Å². The molecule has 0 amide bonds. The summed E-state index contributed by atoms with van der Waals surface area (Å²) in [7, 11) is 1.63. The average molecular weight is 233 g/mol. The maximum absolute atomic E-state index is 5.82. The minimum atomic E-state index is 0.0849. The highest BCUT2D eigenvalue weighted by Crippen LogP contribution is 2.31. The topological polar surface area (TPSA) is 44.5 Å². The molecule has 1 aromatic rings. The molecule has 0 saturated heterocycles. The van der Waals surface area contributed by atoms with Gasteiger partial charge in [0.2, 0.25) is 0 Å². The second-order valence-corrected chi connectivity index (χ2v) is 3.85. The molecule has 1 rings (SSSR count). The Morgan fingerprint density at radius 3 is 2.76 bits per heavy atom. The van der Waals surface area contributed by atoms with Crippen LogP contribution in [0.2, 0.25) is 0 Å². The third-order valence-electron chi connectivity index (χ3n) is 2.29. The van der Waals surface area contributed by atoms with E-state index in [4.69, 9.17) is 15.2 Å². The Morgan fingerprint density at radius 1 is 1.41 bits per heavy atom. The number of nitrogens with two attached hydrogens (primary N) is 1. The number of hydrogen-bond donors (Lipinski definition) is 1. The number of ether oxygens (including phenoxy) is 2. The number of benzene rings is 1. The number of rotatable bonds is 5. The fourth-order valence-electron chi connectivity index (χ4n) is 1.57. The fourth-order valence-corrected chi connectivity index (χ4v) is 1.57. The molecule has 92 valence electrons. The summed E-state index contributed by atoms with van der Waals surface area (Å²) < 4.78 is 10.9. The zero-order valence-electron chi connectivity index (χ0n) is 10.6. The van der Waals surface area contributed by atoms with Crippen LogP contribution >= 0.6 is 0 Å². The smallest absolute Gasteiger partial charge is 0.165 e. The van der Waals surface area contributed by atoms with E-state index in [2.05, 4.69) is 11.8 Å². The molecule has 1 unspecified atom stereocenters. The van der Waals surface area contributed by atoms with Crippen molar-refractivity contribution in [1.29, 1.82) is 0 Å². The summed E-state index contributed by atoms with van der Waals surface area (Å²) in [6, 6.07) is 5.90. The van der Waals surface area contributed by atoms with Gasteiger partial charge >= 0.3 is 0 Å². The largest absolute Gasteiger partial charge is 0.493 e. The lowest BCUT2D eigenvalue weighted by Gasteiger charge is -2.14. The van der Waals surface area contributed by atoms with Crippen molar-refractivity contribution in [3.05, 3.63) is 23.8 Å². The molecule has 0 heterocycles. The van der Waals surface area contributed by atoms with Crippen LogP contribution in [-0.2, 0) is 6.42 Å². The Morgan fingerprint density at radius 2 is 2.18 bits per heavy atom. The minimum Gasteiger partial charge on any atom is -0.493 e. The molecule has 1 atom stereocenters. The van der Waals surface area contributed by atoms with E-state index in [0.29, 0.717) is 6.61 Å². The van der Waals surface area contributed by atoms with Crippen molar-refractivity contribution in [3.63, 3.8) is 0 Å². The summed E-state index contributed by atoms with van der Waals surface area (Å²) in [5.41, 5.74) is 6.87. The van der Waals surface area contributed by atoms with Crippen LogP contribution in [0.5, 0.6) is 11.5 Å². The molecule has 3 heteroatoms. The zero-order valence-corrected chi connectivity index (χ0v) is 10.6. The van der Waals surface area contributed by atoms with Gasteiger partial charge in [0.05, 0.1) is 7.11 Å². The molecular weight excluding hydrogens is 214 g/mol. The van der Waals surface area contributed by atoms with Crippen molar-refractivity contribution < 1.29 is 9.47 Å². The molecule has 0 aliphatic rings. The van der Waals surface area contributed by atoms with Crippen molar-refractivity contribution in [3.8, 4) is 23.3 Å². The van der Waals surface area contributed by atoms with Crippen LogP contribution < -0.4 is 15.2 Å². The van der Waals surface area contributed by atoms with E-state index < -0.39 is 0 Å². The maximum atomic E-state index is 5.82. The fraction of sp³-hybridized carbons (Fsp3) is 0.429. The summed E-state index contributed by atoms with van der Waals surface area (Å²) in [5.74, 6) is 7.13. The highest BCUT2D eigenvalue weighted by atomic mass is 16.5. The van der Waals surface area contributed by atoms with Crippen LogP contribution in [0.1, 0.15) is 19.4 Å². The number of hydrogen-bond acceptors (Lipinski definition) is 3. The molecule has 3 nitrogen and oxygen atoms in total. The summed E-state index contributed by atoms with van der Waals surface area (Å²) in [6.07, 6.45) is 0.756. The predicted octanol–water partition coefficient (Wildman–Crippen LogP) is 1.99. The van der Waals surface area contributed by atoms with Gasteiger partial charge in [-0.25, -0.2) is 0 Å². The van der Waals surface area contributed by atoms with Gasteiger partial charge in [-0.3, -0.25) is 0 Å². The Hall–Kier alpha value is -1.66. The Labute approximate surface area is 103 Å². The molecule has 0 aromatic heterocycles. The first-order valence-corrected chi connectivity index (χ1v) is 5.63. The van der Waals surface area contributed by atoms with Crippen LogP contribution in [0, 0.1) is 11.8 Å². The van der Waals surface area contributed by atoms with Crippen LogP contribution in [0.4, 0.5) is 0 Å². The first kappa shape index (κ1) is 13.4. The minimum absolute atomic E-state index is 0.0849. The molecule has 0 aliphatic carbocycles. The highest BCUT2D eigenvalue weighted by Gasteiger charge is 2.11. The lowest BCUT2D eigenvalue weighted by molar-refractivity contribution is 0.327. The molecule has 0 saturated carbocycles. The second-order valence-electron chi connectivity index (χ2n) is 3.85. The van der Waals surface area contributed by atoms with Crippen molar-refractivity contribution in [2.45, 2.75) is 26.3 Å². The van der Waals surface area contributed by atoms with Crippen molar-refractivity contribution >= 4 is 0 Å². The SMILES string of the molecule is CC#CCOc1c(CC(C)N)cccc1OC. The second kappa shape index (κ2) is 6.82. The van der Waals surface area contributed by atoms with Gasteiger partial charge in [0, 0.05) is 6.04 Å². The lowest BCUT2D eigenvalue weighted by atomic mass is 10.1. The third kappa shape index (κ3) is 4.01. The van der Waals surface area contributed by atoms with E-state index in [1.165, 1.54) is 0 Å². The molecule has 0 radical (unpaired) electrons. The van der Waals surface area contributed by atoms with Crippen molar-refractivity contribution in [2.75, 3.05) is 13.7 Å². The van der Waals surface area contributed by atoms with Crippen LogP contribution in [0.15, 0.2) is 18.2 Å². The van der Waals surface area contributed by atoms with Gasteiger partial charge in [0.25, 0.3) is 0 Å². The van der Waals surface area contributed by atoms with E-state index in [-0.39, 0.29) is 6.04 Å². The van der Waals surface area contributed by atoms with E-state index in [1.807, 2.05) is 25.1 Å². The lowest BCUT2D eigenvalue weighted by Crippen LogP contribution is -2.18. The Balaban J connectivity index is 2.96. The average Bonchev–Trinajstić information content (AvgIpc) is 2.30. The molecule has 1 aromatic carbocycles. The van der Waals surface area contributed by atoms with E-state index in [1.54, 1.807) is 14.0 Å². The quantitative estimate of drug-likeness (QED) is 0.791. The van der Waals surface area contributed by atoms with E-state index >= 15 is 0 Å². The van der Waals surface area contributed by atoms with Gasteiger partial charge < -0.3 is 15.2 Å². The molecule has 0 fully saturated rings. The molecular formula is C14H19NO2. The van der Waals surface area contributed by atoms with Crippen LogP contribution in [-0.4, -0.2) is 19.8 Å². The summed E-state index contributed by atoms with van der Waals surface area (Å²) in [4.78, 5) is 0. The molecule has 0 spiro atoms. The Kier molecular flexibility index (Phi) is 5.38. The maximum Gasteiger partial charge on any atom is 0.165 e. The summed E-state index contributed by atoms with van der Waals surface area (Å²) >= 11 is 0. The van der Waals surface area contributed by atoms with Crippen LogP contribution in [0.25, 0.3) is 0 Å². The van der Waals surface area contributed by atoms with E-state index in [0.717, 1.165) is 23.5 Å². The van der Waals surface area contributed by atoms with Crippen LogP contribution in [0.3, 0.4) is 0 Å². The molecule has 0 bridgehead atoms. The standard InChI is InChI=1S/C14H19NO2/c1-4-5-9-17-14-12(10-11(2)15)7-6-8-13(14)16-3/h6-8,11H,9-10,15H2,1-3H3. The van der Waals surface area contributed by atoms with Crippen molar-refractivity contribution in [2.24, 2.45) is 5.73 Å². The van der Waals surface area contributed by atoms with Gasteiger partial charge in [-0.05, 0) is 31.9 Å². The van der Waals surface area contributed by atoms with Gasteiger partial charge in [-0.15, -0.1) is 5.92 Å². The van der Waals surface area contributed by atoms with Crippen molar-refractivity contribution in [1.82, 2.24) is 0 Å².